The van der Waals surface area contributed by atoms with Crippen LogP contribution >= 0.6 is 23.2 Å². The molecule has 4 aromatic carbocycles. The van der Waals surface area contributed by atoms with Crippen LogP contribution < -0.4 is 9.62 Å². The third-order valence-corrected chi connectivity index (χ3v) is 9.86. The summed E-state index contributed by atoms with van der Waals surface area (Å²) in [6.45, 7) is 3.97. The van der Waals surface area contributed by atoms with Crippen molar-refractivity contribution in [3.05, 3.63) is 130 Å². The van der Waals surface area contributed by atoms with Crippen LogP contribution in [-0.4, -0.2) is 44.3 Å². The summed E-state index contributed by atoms with van der Waals surface area (Å²) in [6, 6.07) is 28.5. The van der Waals surface area contributed by atoms with Gasteiger partial charge in [-0.3, -0.25) is 13.9 Å². The van der Waals surface area contributed by atoms with Crippen molar-refractivity contribution < 1.29 is 18.0 Å². The molecule has 7 nitrogen and oxygen atoms in total. The molecular weight excluding hydrogens is 629 g/mol. The Morgan fingerprint density at radius 2 is 1.49 bits per heavy atom. The molecule has 0 bridgehead atoms. The largest absolute Gasteiger partial charge is 0.354 e. The highest BCUT2D eigenvalue weighted by atomic mass is 35.5. The van der Waals surface area contributed by atoms with Crippen LogP contribution in [0, 0.1) is 6.92 Å². The van der Waals surface area contributed by atoms with Crippen molar-refractivity contribution >= 4 is 50.7 Å². The zero-order valence-corrected chi connectivity index (χ0v) is 27.7. The van der Waals surface area contributed by atoms with Gasteiger partial charge in [0.1, 0.15) is 12.6 Å². The number of aryl methyl sites for hydroxylation is 1. The molecule has 0 heterocycles. The second kappa shape index (κ2) is 15.9. The van der Waals surface area contributed by atoms with Gasteiger partial charge in [0, 0.05) is 19.5 Å². The molecule has 0 aliphatic heterocycles. The Morgan fingerprint density at radius 3 is 2.13 bits per heavy atom. The summed E-state index contributed by atoms with van der Waals surface area (Å²) in [7, 11) is -4.23. The summed E-state index contributed by atoms with van der Waals surface area (Å²) in [4.78, 5) is 29.8. The zero-order chi connectivity index (χ0) is 32.4. The molecule has 1 N–H and O–H groups in total. The van der Waals surface area contributed by atoms with Crippen molar-refractivity contribution in [1.82, 2.24) is 10.2 Å². The smallest absolute Gasteiger partial charge is 0.264 e. The van der Waals surface area contributed by atoms with E-state index in [4.69, 9.17) is 23.2 Å². The Labute approximate surface area is 275 Å². The molecule has 0 spiro atoms. The Kier molecular flexibility index (Phi) is 12.0. The Morgan fingerprint density at radius 1 is 0.822 bits per heavy atom. The lowest BCUT2D eigenvalue weighted by molar-refractivity contribution is -0.140. The molecule has 2 amide bonds. The molecule has 1 atom stereocenters. The maximum atomic E-state index is 14.5. The number of nitrogens with zero attached hydrogens (tertiary/aromatic N) is 2. The van der Waals surface area contributed by atoms with Gasteiger partial charge in [-0.15, -0.1) is 0 Å². The van der Waals surface area contributed by atoms with E-state index >= 15 is 0 Å². The lowest BCUT2D eigenvalue weighted by Crippen LogP contribution is -2.53. The van der Waals surface area contributed by atoms with E-state index in [1.165, 1.54) is 35.2 Å². The van der Waals surface area contributed by atoms with Gasteiger partial charge in [0.05, 0.1) is 20.6 Å². The van der Waals surface area contributed by atoms with E-state index < -0.39 is 28.5 Å². The molecule has 0 aliphatic carbocycles. The minimum atomic E-state index is -4.23. The molecule has 4 rings (SSSR count). The van der Waals surface area contributed by atoms with Gasteiger partial charge in [0.2, 0.25) is 11.8 Å². The van der Waals surface area contributed by atoms with E-state index in [0.29, 0.717) is 6.54 Å². The third-order valence-electron chi connectivity index (χ3n) is 7.34. The van der Waals surface area contributed by atoms with E-state index in [-0.39, 0.29) is 39.5 Å². The van der Waals surface area contributed by atoms with Gasteiger partial charge in [-0.1, -0.05) is 115 Å². The number of rotatable bonds is 14. The lowest BCUT2D eigenvalue weighted by atomic mass is 10.0. The number of carbonyl (C=O) groups excluding carboxylic acids is 2. The summed E-state index contributed by atoms with van der Waals surface area (Å²) in [5.41, 5.74) is 2.85. The van der Waals surface area contributed by atoms with Gasteiger partial charge < -0.3 is 10.2 Å². The predicted molar refractivity (Wildman–Crippen MR) is 181 cm³/mol. The van der Waals surface area contributed by atoms with E-state index in [1.807, 2.05) is 68.4 Å². The van der Waals surface area contributed by atoms with Crippen LogP contribution in [0.2, 0.25) is 10.0 Å². The van der Waals surface area contributed by atoms with Crippen molar-refractivity contribution in [2.45, 2.75) is 50.6 Å². The van der Waals surface area contributed by atoms with Gasteiger partial charge in [0.15, 0.2) is 0 Å². The Balaban J connectivity index is 1.80. The highest BCUT2D eigenvalue weighted by Crippen LogP contribution is 2.31. The van der Waals surface area contributed by atoms with Crippen LogP contribution in [0.5, 0.6) is 0 Å². The second-order valence-electron chi connectivity index (χ2n) is 10.8. The first-order valence-corrected chi connectivity index (χ1v) is 17.0. The van der Waals surface area contributed by atoms with Crippen molar-refractivity contribution in [2.75, 3.05) is 17.4 Å². The maximum absolute atomic E-state index is 14.5. The Bertz CT molecular complexity index is 1700. The molecule has 0 aromatic heterocycles. The zero-order valence-electron chi connectivity index (χ0n) is 25.3. The number of anilines is 1. The van der Waals surface area contributed by atoms with Gasteiger partial charge in [-0.05, 0) is 54.8 Å². The minimum absolute atomic E-state index is 0.00671. The van der Waals surface area contributed by atoms with Crippen LogP contribution in [0.4, 0.5) is 5.69 Å². The first-order valence-electron chi connectivity index (χ1n) is 14.8. The monoisotopic (exact) mass is 665 g/mol. The van der Waals surface area contributed by atoms with E-state index in [0.717, 1.165) is 33.8 Å². The Hall–Kier alpha value is -3.85. The first kappa shape index (κ1) is 34.0. The average molecular weight is 667 g/mol. The number of unbranched alkanes of at least 4 members (excludes halogenated alkanes) is 1. The summed E-state index contributed by atoms with van der Waals surface area (Å²) in [5.74, 6) is -0.853. The quantitative estimate of drug-likeness (QED) is 0.146. The summed E-state index contributed by atoms with van der Waals surface area (Å²) < 4.78 is 29.1. The highest BCUT2D eigenvalue weighted by molar-refractivity contribution is 7.92. The van der Waals surface area contributed by atoms with E-state index in [2.05, 4.69) is 5.32 Å². The molecule has 0 saturated heterocycles. The van der Waals surface area contributed by atoms with Crippen LogP contribution in [0.3, 0.4) is 0 Å². The number of benzene rings is 4. The molecule has 0 aliphatic rings. The molecule has 0 radical (unpaired) electrons. The number of halogens is 2. The average Bonchev–Trinajstić information content (AvgIpc) is 3.03. The van der Waals surface area contributed by atoms with Crippen LogP contribution in [-0.2, 0) is 32.6 Å². The van der Waals surface area contributed by atoms with Crippen LogP contribution in [0.15, 0.2) is 108 Å². The van der Waals surface area contributed by atoms with E-state index in [9.17, 15) is 18.0 Å². The maximum Gasteiger partial charge on any atom is 0.264 e. The number of hydrogen-bond acceptors (Lipinski definition) is 4. The summed E-state index contributed by atoms with van der Waals surface area (Å²) >= 11 is 12.5. The molecule has 45 heavy (non-hydrogen) atoms. The first-order chi connectivity index (χ1) is 21.6. The van der Waals surface area contributed by atoms with Crippen LogP contribution in [0.1, 0.15) is 36.5 Å². The number of nitrogens with one attached hydrogen (secondary N) is 1. The molecule has 0 saturated carbocycles. The fourth-order valence-corrected chi connectivity index (χ4v) is 6.68. The van der Waals surface area contributed by atoms with Crippen molar-refractivity contribution in [3.63, 3.8) is 0 Å². The van der Waals surface area contributed by atoms with Crippen molar-refractivity contribution in [1.29, 1.82) is 0 Å². The molecule has 10 heteroatoms. The van der Waals surface area contributed by atoms with E-state index in [1.54, 1.807) is 18.2 Å². The highest BCUT2D eigenvalue weighted by Gasteiger charge is 2.34. The standard InChI is InChI=1S/C35H37Cl2N3O4S/c1-3-4-20-38-35(42)33(22-27-13-7-5-8-14-27)39(24-28-15-11-12-26(2)21-28)34(41)25-40(29-18-19-31(36)32(37)23-29)45(43,44)30-16-9-6-10-17-30/h5-19,21,23,33H,3-4,20,22,24-25H2,1-2H3,(H,38,42)/t33-/m1/s1. The number of carbonyl (C=O) groups is 2. The number of amides is 2. The molecule has 0 fully saturated rings. The molecule has 4 aromatic rings. The lowest BCUT2D eigenvalue weighted by Gasteiger charge is -2.34. The normalized spacial score (nSPS) is 11.9. The third kappa shape index (κ3) is 9.10. The predicted octanol–water partition coefficient (Wildman–Crippen LogP) is 7.05. The van der Waals surface area contributed by atoms with Gasteiger partial charge in [0.25, 0.3) is 10.0 Å². The topological polar surface area (TPSA) is 86.8 Å². The minimum Gasteiger partial charge on any atom is -0.354 e. The molecule has 0 unspecified atom stereocenters. The molecular formula is C35H37Cl2N3O4S. The second-order valence-corrected chi connectivity index (χ2v) is 13.5. The van der Waals surface area contributed by atoms with Gasteiger partial charge >= 0.3 is 0 Å². The van der Waals surface area contributed by atoms with Crippen molar-refractivity contribution in [3.8, 4) is 0 Å². The summed E-state index contributed by atoms with van der Waals surface area (Å²) in [5, 5.41) is 3.38. The van der Waals surface area contributed by atoms with Crippen LogP contribution in [0.25, 0.3) is 0 Å². The SMILES string of the molecule is CCCCNC(=O)[C@@H](Cc1ccccc1)N(Cc1cccc(C)c1)C(=O)CN(c1ccc(Cl)c(Cl)c1)S(=O)(=O)c1ccccc1. The fraction of sp³-hybridized carbons (Fsp3) is 0.257. The summed E-state index contributed by atoms with van der Waals surface area (Å²) in [6.07, 6.45) is 1.93. The number of sulfonamides is 1. The van der Waals surface area contributed by atoms with Crippen molar-refractivity contribution in [2.24, 2.45) is 0 Å². The van der Waals surface area contributed by atoms with Gasteiger partial charge in [-0.25, -0.2) is 8.42 Å². The van der Waals surface area contributed by atoms with Gasteiger partial charge in [-0.2, -0.15) is 0 Å². The number of hydrogen-bond donors (Lipinski definition) is 1. The molecule has 236 valence electrons. The fourth-order valence-electron chi connectivity index (χ4n) is 4.96.